The van der Waals surface area contributed by atoms with Crippen molar-refractivity contribution in [3.8, 4) is 23.1 Å². The van der Waals surface area contributed by atoms with Crippen LogP contribution < -0.4 is 11.1 Å². The molecule has 6 rings (SSSR count). The number of pyridine rings is 3. The molecule has 4 aromatic heterocycles. The van der Waals surface area contributed by atoms with Crippen LogP contribution in [0.5, 0.6) is 0 Å². The summed E-state index contributed by atoms with van der Waals surface area (Å²) in [5.41, 5.74) is 14.3. The van der Waals surface area contributed by atoms with Crippen molar-refractivity contribution in [1.82, 2.24) is 29.4 Å². The van der Waals surface area contributed by atoms with E-state index >= 15 is 0 Å². The highest BCUT2D eigenvalue weighted by Gasteiger charge is 2.21. The second-order valence-corrected chi connectivity index (χ2v) is 10.9. The van der Waals surface area contributed by atoms with Gasteiger partial charge in [0.15, 0.2) is 11.5 Å². The van der Waals surface area contributed by atoms with Gasteiger partial charge in [-0.1, -0.05) is 30.4 Å². The van der Waals surface area contributed by atoms with Crippen LogP contribution >= 0.6 is 0 Å². The first-order valence-corrected chi connectivity index (χ1v) is 14.9. The molecule has 0 amide bonds. The number of nitrogens with one attached hydrogen (secondary N) is 1. The molecule has 0 spiro atoms. The largest absolute Gasteiger partial charge is 0.383 e. The zero-order valence-corrected chi connectivity index (χ0v) is 25.0. The molecule has 1 saturated heterocycles. The molecule has 0 saturated carbocycles. The lowest BCUT2D eigenvalue weighted by Crippen LogP contribution is -2.38. The van der Waals surface area contributed by atoms with Gasteiger partial charge >= 0.3 is 0 Å². The number of allylic oxidation sites excluding steroid dienone is 4. The number of rotatable bonds is 8. The van der Waals surface area contributed by atoms with E-state index < -0.39 is 0 Å². The van der Waals surface area contributed by atoms with Gasteiger partial charge in [0.25, 0.3) is 0 Å². The maximum absolute atomic E-state index is 9.15. The summed E-state index contributed by atoms with van der Waals surface area (Å²) in [5, 5.41) is 12.7. The van der Waals surface area contributed by atoms with Crippen LogP contribution in [0.2, 0.25) is 0 Å². The molecule has 0 aliphatic carbocycles. The molecule has 9 heteroatoms. The number of hydrogen-bond donors (Lipinski definition) is 2. The van der Waals surface area contributed by atoms with Gasteiger partial charge in [-0.3, -0.25) is 14.5 Å². The minimum atomic E-state index is 0.366. The van der Waals surface area contributed by atoms with Gasteiger partial charge < -0.3 is 11.1 Å². The number of piperidine rings is 1. The predicted molar refractivity (Wildman–Crippen MR) is 176 cm³/mol. The van der Waals surface area contributed by atoms with E-state index in [4.69, 9.17) is 21.0 Å². The minimum Gasteiger partial charge on any atom is -0.383 e. The Morgan fingerprint density at radius 2 is 1.89 bits per heavy atom. The lowest BCUT2D eigenvalue weighted by atomic mass is 10.0. The Balaban J connectivity index is 1.24. The quantitative estimate of drug-likeness (QED) is 0.202. The summed E-state index contributed by atoms with van der Waals surface area (Å²) in [6, 6.07) is 20.9. The third-order valence-electron chi connectivity index (χ3n) is 7.96. The Kier molecular flexibility index (Phi) is 8.43. The molecule has 9 nitrogen and oxygen atoms in total. The van der Waals surface area contributed by atoms with Gasteiger partial charge in [-0.05, 0) is 80.3 Å². The second-order valence-electron chi connectivity index (χ2n) is 10.9. The molecule has 0 bridgehead atoms. The van der Waals surface area contributed by atoms with Crippen LogP contribution in [-0.2, 0) is 6.54 Å². The Hall–Kier alpha value is -5.33. The fraction of sp³-hybridized carbons (Fsp3) is 0.229. The summed E-state index contributed by atoms with van der Waals surface area (Å²) in [4.78, 5) is 21.0. The Morgan fingerprint density at radius 1 is 1.07 bits per heavy atom. The van der Waals surface area contributed by atoms with E-state index in [1.165, 1.54) is 5.56 Å². The van der Waals surface area contributed by atoms with E-state index in [0.29, 0.717) is 23.2 Å². The second kappa shape index (κ2) is 12.9. The Morgan fingerprint density at radius 3 is 2.61 bits per heavy atom. The molecule has 0 atom stereocenters. The van der Waals surface area contributed by atoms with Gasteiger partial charge in [0, 0.05) is 43.8 Å². The average molecular weight is 582 g/mol. The van der Waals surface area contributed by atoms with Crippen molar-refractivity contribution in [3.05, 3.63) is 108 Å². The van der Waals surface area contributed by atoms with Crippen LogP contribution in [0.3, 0.4) is 0 Å². The van der Waals surface area contributed by atoms with Crippen molar-refractivity contribution in [1.29, 1.82) is 5.26 Å². The summed E-state index contributed by atoms with van der Waals surface area (Å²) in [6.45, 7) is 6.89. The lowest BCUT2D eigenvalue weighted by Gasteiger charge is -2.32. The number of fused-ring (bicyclic) bond motifs is 1. The van der Waals surface area contributed by atoms with Crippen LogP contribution in [-0.4, -0.2) is 48.5 Å². The summed E-state index contributed by atoms with van der Waals surface area (Å²) in [7, 11) is 0. The first-order valence-electron chi connectivity index (χ1n) is 14.9. The topological polar surface area (TPSA) is 122 Å². The van der Waals surface area contributed by atoms with Crippen molar-refractivity contribution >= 4 is 28.2 Å². The first-order chi connectivity index (χ1) is 21.6. The molecule has 3 N–H and O–H groups in total. The van der Waals surface area contributed by atoms with Gasteiger partial charge in [0.05, 0.1) is 28.7 Å². The maximum atomic E-state index is 9.15. The van der Waals surface area contributed by atoms with E-state index in [-0.39, 0.29) is 0 Å². The molecule has 5 aromatic rings. The lowest BCUT2D eigenvalue weighted by molar-refractivity contribution is 0.211. The molecular formula is C35H35N9. The van der Waals surface area contributed by atoms with E-state index in [1.54, 1.807) is 18.6 Å². The number of anilines is 2. The number of nitrogens with zero attached hydrogens (tertiary/aromatic N) is 7. The normalized spacial score (nSPS) is 14.7. The standard InChI is InChI=1S/C35H35N9/c1-3-6-26(4-2)31-12-13-32-35(41-31)44(34(42-32)30-7-5-16-39-33(30)37)29-10-8-24(9-11-29)23-43-17-14-27(15-18-43)40-28-19-25(20-36)21-38-22-28/h3-13,16,19,21-22,27,40H,14-15,17-18,23H2,1-2H3,(H2,37,39)/b6-3-,26-4+. The fourth-order valence-corrected chi connectivity index (χ4v) is 5.72. The van der Waals surface area contributed by atoms with E-state index in [9.17, 15) is 0 Å². The van der Waals surface area contributed by atoms with Gasteiger partial charge in [-0.25, -0.2) is 15.0 Å². The molecule has 1 aromatic carbocycles. The molecule has 0 radical (unpaired) electrons. The summed E-state index contributed by atoms with van der Waals surface area (Å²) < 4.78 is 2.08. The fourth-order valence-electron chi connectivity index (χ4n) is 5.72. The molecule has 220 valence electrons. The van der Waals surface area contributed by atoms with E-state index in [1.807, 2.05) is 50.3 Å². The smallest absolute Gasteiger partial charge is 0.165 e. The van der Waals surface area contributed by atoms with Gasteiger partial charge in [0.2, 0.25) is 0 Å². The Labute approximate surface area is 257 Å². The number of nitrogens with two attached hydrogens (primary N) is 1. The molecule has 1 aliphatic rings. The first kappa shape index (κ1) is 28.8. The van der Waals surface area contributed by atoms with Gasteiger partial charge in [-0.15, -0.1) is 0 Å². The molecule has 1 aliphatic heterocycles. The number of imidazole rings is 1. The molecular weight excluding hydrogens is 546 g/mol. The van der Waals surface area contributed by atoms with Crippen LogP contribution in [0.4, 0.5) is 11.5 Å². The molecule has 5 heterocycles. The number of likely N-dealkylation sites (tertiary alicyclic amines) is 1. The van der Waals surface area contributed by atoms with Gasteiger partial charge in [0.1, 0.15) is 17.4 Å². The molecule has 44 heavy (non-hydrogen) atoms. The summed E-state index contributed by atoms with van der Waals surface area (Å²) in [6.07, 6.45) is 13.3. The van der Waals surface area contributed by atoms with Gasteiger partial charge in [-0.2, -0.15) is 5.26 Å². The van der Waals surface area contributed by atoms with E-state index in [0.717, 1.165) is 71.8 Å². The number of aromatic nitrogens is 5. The molecule has 0 unspecified atom stereocenters. The van der Waals surface area contributed by atoms with Crippen molar-refractivity contribution in [3.63, 3.8) is 0 Å². The highest BCUT2D eigenvalue weighted by atomic mass is 15.2. The zero-order chi connectivity index (χ0) is 30.5. The Bertz CT molecular complexity index is 1870. The van der Waals surface area contributed by atoms with Crippen molar-refractivity contribution in [2.75, 3.05) is 24.1 Å². The highest BCUT2D eigenvalue weighted by Crippen LogP contribution is 2.31. The SMILES string of the molecule is C/C=C\C(=C/C)c1ccc2nc(-c3cccnc3N)n(-c3ccc(CN4CCC(Nc5cncc(C#N)c5)CC4)cc3)c2n1. The average Bonchev–Trinajstić information content (AvgIpc) is 3.44. The monoisotopic (exact) mass is 581 g/mol. The highest BCUT2D eigenvalue weighted by molar-refractivity contribution is 5.85. The summed E-state index contributed by atoms with van der Waals surface area (Å²) in [5.74, 6) is 1.14. The van der Waals surface area contributed by atoms with Crippen molar-refractivity contribution in [2.24, 2.45) is 0 Å². The van der Waals surface area contributed by atoms with Crippen LogP contribution in [0.15, 0.2) is 91.4 Å². The van der Waals surface area contributed by atoms with E-state index in [2.05, 4.69) is 67.2 Å². The maximum Gasteiger partial charge on any atom is 0.165 e. The van der Waals surface area contributed by atoms with Crippen LogP contribution in [0.25, 0.3) is 33.8 Å². The third-order valence-corrected chi connectivity index (χ3v) is 7.96. The van der Waals surface area contributed by atoms with Crippen LogP contribution in [0, 0.1) is 11.3 Å². The number of hydrogen-bond acceptors (Lipinski definition) is 8. The predicted octanol–water partition coefficient (Wildman–Crippen LogP) is 6.39. The van der Waals surface area contributed by atoms with Crippen molar-refractivity contribution in [2.45, 2.75) is 39.3 Å². The number of nitriles is 1. The third kappa shape index (κ3) is 6.07. The number of benzene rings is 1. The molecule has 1 fully saturated rings. The van der Waals surface area contributed by atoms with Crippen molar-refractivity contribution < 1.29 is 0 Å². The zero-order valence-electron chi connectivity index (χ0n) is 25.0. The van der Waals surface area contributed by atoms with Crippen LogP contribution in [0.1, 0.15) is 43.5 Å². The number of nitrogen functional groups attached to an aromatic ring is 1. The minimum absolute atomic E-state index is 0.366. The summed E-state index contributed by atoms with van der Waals surface area (Å²) >= 11 is 0.